The van der Waals surface area contributed by atoms with E-state index < -0.39 is 0 Å². The predicted octanol–water partition coefficient (Wildman–Crippen LogP) is 1.18. The summed E-state index contributed by atoms with van der Waals surface area (Å²) in [4.78, 5) is 11.1. The Hall–Kier alpha value is -1.62. The van der Waals surface area contributed by atoms with Gasteiger partial charge in [0.2, 0.25) is 0 Å². The van der Waals surface area contributed by atoms with E-state index in [4.69, 9.17) is 0 Å². The van der Waals surface area contributed by atoms with Gasteiger partial charge in [-0.15, -0.1) is 0 Å². The van der Waals surface area contributed by atoms with Crippen molar-refractivity contribution in [3.05, 3.63) is 18.6 Å². The minimum Gasteiger partial charge on any atom is -0.393 e. The first-order valence-electron chi connectivity index (χ1n) is 6.36. The number of piperidine rings is 1. The van der Waals surface area contributed by atoms with E-state index in [0.29, 0.717) is 0 Å². The SMILES string of the molecule is CC1CN(c2nccc3c2ncn3C)CCC1O. The molecule has 2 aromatic heterocycles. The molecule has 5 heteroatoms. The van der Waals surface area contributed by atoms with E-state index in [0.717, 1.165) is 36.4 Å². The molecule has 3 rings (SSSR count). The van der Waals surface area contributed by atoms with Crippen molar-refractivity contribution in [1.82, 2.24) is 14.5 Å². The molecule has 1 saturated heterocycles. The molecule has 2 unspecified atom stereocenters. The number of imidazole rings is 1. The molecule has 0 bridgehead atoms. The van der Waals surface area contributed by atoms with Crippen LogP contribution in [0.3, 0.4) is 0 Å². The average molecular weight is 246 g/mol. The number of rotatable bonds is 1. The van der Waals surface area contributed by atoms with Crippen molar-refractivity contribution < 1.29 is 5.11 Å². The standard InChI is InChI=1S/C13H18N4O/c1-9-7-17(6-4-11(9)18)13-12-10(3-5-14-13)16(2)8-15-12/h3,5,8-9,11,18H,4,6-7H2,1-2H3. The van der Waals surface area contributed by atoms with Crippen LogP contribution in [0.2, 0.25) is 0 Å². The molecule has 1 N–H and O–H groups in total. The molecule has 2 atom stereocenters. The van der Waals surface area contributed by atoms with Crippen molar-refractivity contribution in [3.8, 4) is 0 Å². The topological polar surface area (TPSA) is 54.2 Å². The third-order valence-electron chi connectivity index (χ3n) is 3.78. The largest absolute Gasteiger partial charge is 0.393 e. The van der Waals surface area contributed by atoms with Gasteiger partial charge in [0, 0.05) is 26.3 Å². The number of fused-ring (bicyclic) bond motifs is 1. The Kier molecular flexibility index (Phi) is 2.70. The third-order valence-corrected chi connectivity index (χ3v) is 3.78. The van der Waals surface area contributed by atoms with Gasteiger partial charge in [-0.1, -0.05) is 6.92 Å². The van der Waals surface area contributed by atoms with Gasteiger partial charge in [0.1, 0.15) is 5.52 Å². The number of nitrogens with zero attached hydrogens (tertiary/aromatic N) is 4. The van der Waals surface area contributed by atoms with Gasteiger partial charge < -0.3 is 14.6 Å². The highest BCUT2D eigenvalue weighted by Gasteiger charge is 2.26. The molecule has 0 spiro atoms. The maximum Gasteiger partial charge on any atom is 0.156 e. The number of hydrogen-bond acceptors (Lipinski definition) is 4. The summed E-state index contributed by atoms with van der Waals surface area (Å²) in [5, 5.41) is 9.79. The predicted molar refractivity (Wildman–Crippen MR) is 70.5 cm³/mol. The maximum atomic E-state index is 9.79. The molecule has 18 heavy (non-hydrogen) atoms. The minimum atomic E-state index is -0.191. The quantitative estimate of drug-likeness (QED) is 0.821. The van der Waals surface area contributed by atoms with Gasteiger partial charge in [-0.2, -0.15) is 0 Å². The van der Waals surface area contributed by atoms with Crippen molar-refractivity contribution >= 4 is 16.9 Å². The molecule has 3 heterocycles. The molecule has 0 aliphatic carbocycles. The fraction of sp³-hybridized carbons (Fsp3) is 0.538. The number of aliphatic hydroxyl groups excluding tert-OH is 1. The van der Waals surface area contributed by atoms with E-state index in [2.05, 4.69) is 21.8 Å². The summed E-state index contributed by atoms with van der Waals surface area (Å²) < 4.78 is 2.00. The van der Waals surface area contributed by atoms with E-state index in [9.17, 15) is 5.11 Å². The van der Waals surface area contributed by atoms with Gasteiger partial charge in [-0.3, -0.25) is 0 Å². The summed E-state index contributed by atoms with van der Waals surface area (Å²) in [6, 6.07) is 1.98. The van der Waals surface area contributed by atoms with E-state index in [1.165, 1.54) is 0 Å². The normalized spacial score (nSPS) is 24.7. The highest BCUT2D eigenvalue weighted by atomic mass is 16.3. The molecular formula is C13H18N4O. The van der Waals surface area contributed by atoms with Gasteiger partial charge in [0.25, 0.3) is 0 Å². The molecule has 0 aromatic carbocycles. The number of pyridine rings is 1. The first-order chi connectivity index (χ1) is 8.66. The zero-order valence-corrected chi connectivity index (χ0v) is 10.7. The van der Waals surface area contributed by atoms with Crippen LogP contribution in [0.1, 0.15) is 13.3 Å². The Balaban J connectivity index is 1.99. The number of aliphatic hydroxyl groups is 1. The maximum absolute atomic E-state index is 9.79. The summed E-state index contributed by atoms with van der Waals surface area (Å²) in [7, 11) is 1.99. The molecule has 5 nitrogen and oxygen atoms in total. The minimum absolute atomic E-state index is 0.191. The van der Waals surface area contributed by atoms with Crippen LogP contribution in [-0.2, 0) is 7.05 Å². The Labute approximate surface area is 106 Å². The molecule has 0 radical (unpaired) electrons. The average Bonchev–Trinajstić information content (AvgIpc) is 2.75. The van der Waals surface area contributed by atoms with Crippen LogP contribution in [0.15, 0.2) is 18.6 Å². The fourth-order valence-electron chi connectivity index (χ4n) is 2.61. The number of aromatic nitrogens is 3. The van der Waals surface area contributed by atoms with Gasteiger partial charge >= 0.3 is 0 Å². The molecule has 2 aromatic rings. The second-order valence-corrected chi connectivity index (χ2v) is 5.14. The number of aryl methyl sites for hydroxylation is 1. The zero-order valence-electron chi connectivity index (χ0n) is 10.7. The van der Waals surface area contributed by atoms with Crippen LogP contribution < -0.4 is 4.90 Å². The Morgan fingerprint density at radius 1 is 1.39 bits per heavy atom. The zero-order chi connectivity index (χ0) is 12.7. The highest BCUT2D eigenvalue weighted by molar-refractivity contribution is 5.86. The molecular weight excluding hydrogens is 228 g/mol. The van der Waals surface area contributed by atoms with E-state index >= 15 is 0 Å². The highest BCUT2D eigenvalue weighted by Crippen LogP contribution is 2.27. The Morgan fingerprint density at radius 2 is 2.22 bits per heavy atom. The van der Waals surface area contributed by atoms with E-state index in [1.807, 2.05) is 30.2 Å². The lowest BCUT2D eigenvalue weighted by Gasteiger charge is -2.35. The fourth-order valence-corrected chi connectivity index (χ4v) is 2.61. The van der Waals surface area contributed by atoms with Crippen LogP contribution >= 0.6 is 0 Å². The lowest BCUT2D eigenvalue weighted by molar-refractivity contribution is 0.0969. The smallest absolute Gasteiger partial charge is 0.156 e. The lowest BCUT2D eigenvalue weighted by Crippen LogP contribution is -2.42. The van der Waals surface area contributed by atoms with Gasteiger partial charge in [-0.05, 0) is 18.4 Å². The molecule has 1 fully saturated rings. The Morgan fingerprint density at radius 3 is 3.00 bits per heavy atom. The molecule has 1 aliphatic heterocycles. The molecule has 0 saturated carbocycles. The van der Waals surface area contributed by atoms with Crippen LogP contribution in [0, 0.1) is 5.92 Å². The molecule has 96 valence electrons. The first kappa shape index (κ1) is 11.5. The monoisotopic (exact) mass is 246 g/mol. The van der Waals surface area contributed by atoms with Crippen molar-refractivity contribution in [2.45, 2.75) is 19.4 Å². The molecule has 1 aliphatic rings. The van der Waals surface area contributed by atoms with Gasteiger partial charge in [-0.25, -0.2) is 9.97 Å². The van der Waals surface area contributed by atoms with Crippen LogP contribution in [-0.4, -0.2) is 38.8 Å². The summed E-state index contributed by atoms with van der Waals surface area (Å²) in [6.07, 6.45) is 4.25. The first-order valence-corrected chi connectivity index (χ1v) is 6.36. The van der Waals surface area contributed by atoms with Crippen molar-refractivity contribution in [3.63, 3.8) is 0 Å². The van der Waals surface area contributed by atoms with Crippen LogP contribution in [0.5, 0.6) is 0 Å². The van der Waals surface area contributed by atoms with Crippen LogP contribution in [0.25, 0.3) is 11.0 Å². The second-order valence-electron chi connectivity index (χ2n) is 5.14. The van der Waals surface area contributed by atoms with E-state index in [1.54, 1.807) is 0 Å². The summed E-state index contributed by atoms with van der Waals surface area (Å²) in [5.41, 5.74) is 2.04. The van der Waals surface area contributed by atoms with E-state index in [-0.39, 0.29) is 12.0 Å². The number of anilines is 1. The third kappa shape index (κ3) is 1.75. The summed E-state index contributed by atoms with van der Waals surface area (Å²) >= 11 is 0. The summed E-state index contributed by atoms with van der Waals surface area (Å²) in [5.74, 6) is 1.21. The molecule has 0 amide bonds. The second kappa shape index (κ2) is 4.24. The van der Waals surface area contributed by atoms with Crippen molar-refractivity contribution in [2.24, 2.45) is 13.0 Å². The number of hydrogen-bond donors (Lipinski definition) is 1. The van der Waals surface area contributed by atoms with Crippen molar-refractivity contribution in [1.29, 1.82) is 0 Å². The Bertz CT molecular complexity index is 565. The van der Waals surface area contributed by atoms with Gasteiger partial charge in [0.15, 0.2) is 5.82 Å². The lowest BCUT2D eigenvalue weighted by atomic mass is 9.97. The van der Waals surface area contributed by atoms with Gasteiger partial charge in [0.05, 0.1) is 17.9 Å². The van der Waals surface area contributed by atoms with Crippen LogP contribution in [0.4, 0.5) is 5.82 Å². The summed E-state index contributed by atoms with van der Waals surface area (Å²) in [6.45, 7) is 3.76. The van der Waals surface area contributed by atoms with Crippen molar-refractivity contribution in [2.75, 3.05) is 18.0 Å².